The van der Waals surface area contributed by atoms with Crippen LogP contribution in [0.3, 0.4) is 0 Å². The summed E-state index contributed by atoms with van der Waals surface area (Å²) < 4.78 is 0. The lowest BCUT2D eigenvalue weighted by Crippen LogP contribution is -2.52. The summed E-state index contributed by atoms with van der Waals surface area (Å²) in [6.45, 7) is 0.494. The Kier molecular flexibility index (Phi) is 6.49. The highest BCUT2D eigenvalue weighted by molar-refractivity contribution is 8.04. The quantitative estimate of drug-likeness (QED) is 0.698. The van der Waals surface area contributed by atoms with Crippen LogP contribution in [0.2, 0.25) is 5.02 Å². The van der Waals surface area contributed by atoms with Gasteiger partial charge in [0.2, 0.25) is 5.91 Å². The van der Waals surface area contributed by atoms with Crippen molar-refractivity contribution in [3.05, 3.63) is 75.7 Å². The second-order valence-corrected chi connectivity index (χ2v) is 9.63. The molecule has 1 N–H and O–H groups in total. The average molecular weight is 441 g/mol. The first-order valence-electron chi connectivity index (χ1n) is 10.2. The number of amides is 2. The van der Waals surface area contributed by atoms with Gasteiger partial charge < -0.3 is 10.2 Å². The molecule has 6 heteroatoms. The molecule has 4 rings (SSSR count). The van der Waals surface area contributed by atoms with Crippen LogP contribution >= 0.6 is 23.4 Å². The predicted octanol–water partition coefficient (Wildman–Crippen LogP) is 4.74. The summed E-state index contributed by atoms with van der Waals surface area (Å²) in [5.74, 6) is 0.0567. The molecule has 3 atom stereocenters. The van der Waals surface area contributed by atoms with E-state index in [0.717, 1.165) is 28.9 Å². The molecule has 2 aromatic carbocycles. The van der Waals surface area contributed by atoms with E-state index in [2.05, 4.69) is 5.32 Å². The minimum absolute atomic E-state index is 0.0484. The molecule has 0 spiro atoms. The van der Waals surface area contributed by atoms with Crippen molar-refractivity contribution >= 4 is 41.3 Å². The Balaban J connectivity index is 1.38. The van der Waals surface area contributed by atoms with Crippen LogP contribution in [-0.2, 0) is 16.1 Å². The first-order chi connectivity index (χ1) is 14.5. The van der Waals surface area contributed by atoms with Crippen LogP contribution in [0.5, 0.6) is 0 Å². The number of thioether (sulfide) groups is 1. The minimum atomic E-state index is -0.0611. The number of rotatable bonds is 4. The Bertz CT molecular complexity index is 945. The SMILES string of the molecule is CN1C(=O)/C(=C\c2ccccc2)SC2CCC(C(=O)NCc3ccc(Cl)cc3)CC21. The molecule has 0 bridgehead atoms. The van der Waals surface area contributed by atoms with Gasteiger partial charge in [-0.25, -0.2) is 0 Å². The van der Waals surface area contributed by atoms with Gasteiger partial charge in [0.15, 0.2) is 0 Å². The second-order valence-electron chi connectivity index (χ2n) is 7.91. The van der Waals surface area contributed by atoms with E-state index in [9.17, 15) is 9.59 Å². The van der Waals surface area contributed by atoms with Gasteiger partial charge in [0.05, 0.1) is 4.91 Å². The molecule has 30 heavy (non-hydrogen) atoms. The standard InChI is InChI=1S/C24H25ClN2O2S/c1-27-20-14-18(23(28)26-15-17-7-10-19(25)11-8-17)9-12-21(20)30-22(24(27)29)13-16-5-3-2-4-6-16/h2-8,10-11,13,18,20-21H,9,12,14-15H2,1H3,(H,26,28)/b22-13+. The fraction of sp³-hybridized carbons (Fsp3) is 0.333. The zero-order valence-electron chi connectivity index (χ0n) is 16.9. The number of benzene rings is 2. The number of hydrogen-bond donors (Lipinski definition) is 1. The summed E-state index contributed by atoms with van der Waals surface area (Å²) in [6, 6.07) is 17.5. The largest absolute Gasteiger partial charge is 0.352 e. The molecule has 1 saturated carbocycles. The number of nitrogens with zero attached hydrogens (tertiary/aromatic N) is 1. The van der Waals surface area contributed by atoms with Gasteiger partial charge in [-0.15, -0.1) is 11.8 Å². The molecule has 1 heterocycles. The number of carbonyl (C=O) groups is 2. The van der Waals surface area contributed by atoms with Crippen LogP contribution in [0, 0.1) is 5.92 Å². The minimum Gasteiger partial charge on any atom is -0.352 e. The van der Waals surface area contributed by atoms with Crippen LogP contribution in [0.1, 0.15) is 30.4 Å². The number of halogens is 1. The third-order valence-corrected chi connectivity index (χ3v) is 7.56. The summed E-state index contributed by atoms with van der Waals surface area (Å²) in [7, 11) is 1.87. The van der Waals surface area contributed by atoms with Gasteiger partial charge in [0.1, 0.15) is 0 Å². The molecule has 4 nitrogen and oxygen atoms in total. The molecule has 156 valence electrons. The molecule has 1 saturated heterocycles. The summed E-state index contributed by atoms with van der Waals surface area (Å²) >= 11 is 7.59. The van der Waals surface area contributed by atoms with Crippen LogP contribution in [0.25, 0.3) is 6.08 Å². The summed E-state index contributed by atoms with van der Waals surface area (Å²) in [6.07, 6.45) is 4.47. The third-order valence-electron chi connectivity index (χ3n) is 5.91. The Morgan fingerprint density at radius 3 is 2.63 bits per heavy atom. The number of nitrogens with one attached hydrogen (secondary N) is 1. The lowest BCUT2D eigenvalue weighted by molar-refractivity contribution is -0.132. The van der Waals surface area contributed by atoms with Gasteiger partial charge in [-0.2, -0.15) is 0 Å². The highest BCUT2D eigenvalue weighted by Gasteiger charge is 2.42. The Morgan fingerprint density at radius 1 is 1.17 bits per heavy atom. The van der Waals surface area contributed by atoms with Crippen molar-refractivity contribution in [2.24, 2.45) is 5.92 Å². The van der Waals surface area contributed by atoms with Crippen molar-refractivity contribution in [2.75, 3.05) is 7.05 Å². The highest BCUT2D eigenvalue weighted by Crippen LogP contribution is 2.43. The van der Waals surface area contributed by atoms with E-state index in [1.165, 1.54) is 0 Å². The predicted molar refractivity (Wildman–Crippen MR) is 123 cm³/mol. The van der Waals surface area contributed by atoms with Gasteiger partial charge in [-0.3, -0.25) is 9.59 Å². The van der Waals surface area contributed by atoms with E-state index in [4.69, 9.17) is 11.6 Å². The molecule has 3 unspecified atom stereocenters. The Hall–Kier alpha value is -2.24. The van der Waals surface area contributed by atoms with Crippen molar-refractivity contribution in [3.8, 4) is 0 Å². The molecule has 2 amide bonds. The van der Waals surface area contributed by atoms with Crippen LogP contribution in [0.4, 0.5) is 0 Å². The fourth-order valence-corrected chi connectivity index (χ4v) is 5.78. The summed E-state index contributed by atoms with van der Waals surface area (Å²) in [5.41, 5.74) is 2.06. The lowest BCUT2D eigenvalue weighted by Gasteiger charge is -2.44. The van der Waals surface area contributed by atoms with Crippen LogP contribution in [-0.4, -0.2) is 35.1 Å². The number of fused-ring (bicyclic) bond motifs is 1. The molecule has 2 fully saturated rings. The van der Waals surface area contributed by atoms with E-state index < -0.39 is 0 Å². The van der Waals surface area contributed by atoms with Crippen LogP contribution < -0.4 is 5.32 Å². The van der Waals surface area contributed by atoms with E-state index in [0.29, 0.717) is 23.2 Å². The summed E-state index contributed by atoms with van der Waals surface area (Å²) in [4.78, 5) is 28.3. The zero-order valence-corrected chi connectivity index (χ0v) is 18.5. The molecule has 2 aliphatic rings. The molecule has 2 aromatic rings. The first-order valence-corrected chi connectivity index (χ1v) is 11.5. The van der Waals surface area contributed by atoms with Crippen molar-refractivity contribution in [3.63, 3.8) is 0 Å². The van der Waals surface area contributed by atoms with Crippen molar-refractivity contribution in [1.82, 2.24) is 10.2 Å². The van der Waals surface area contributed by atoms with Gasteiger partial charge in [0.25, 0.3) is 5.91 Å². The maximum Gasteiger partial charge on any atom is 0.260 e. The molecule has 0 radical (unpaired) electrons. The van der Waals surface area contributed by atoms with E-state index >= 15 is 0 Å². The number of likely N-dealkylation sites (N-methyl/N-ethyl adjacent to an activating group) is 1. The smallest absolute Gasteiger partial charge is 0.260 e. The average Bonchev–Trinajstić information content (AvgIpc) is 2.77. The van der Waals surface area contributed by atoms with Crippen molar-refractivity contribution in [1.29, 1.82) is 0 Å². The second kappa shape index (κ2) is 9.27. The Morgan fingerprint density at radius 2 is 1.90 bits per heavy atom. The van der Waals surface area contributed by atoms with Gasteiger partial charge in [-0.05, 0) is 48.6 Å². The van der Waals surface area contributed by atoms with E-state index in [1.54, 1.807) is 11.8 Å². The normalized spacial score (nSPS) is 25.1. The molecule has 0 aromatic heterocycles. The Labute approximate surface area is 186 Å². The number of carbonyl (C=O) groups excluding carboxylic acids is 2. The maximum atomic E-state index is 12.9. The molecule has 1 aliphatic heterocycles. The van der Waals surface area contributed by atoms with Crippen molar-refractivity contribution in [2.45, 2.75) is 37.1 Å². The maximum absolute atomic E-state index is 12.9. The topological polar surface area (TPSA) is 49.4 Å². The van der Waals surface area contributed by atoms with Crippen LogP contribution in [0.15, 0.2) is 59.5 Å². The van der Waals surface area contributed by atoms with Gasteiger partial charge in [0, 0.05) is 35.8 Å². The van der Waals surface area contributed by atoms with Gasteiger partial charge >= 0.3 is 0 Å². The van der Waals surface area contributed by atoms with Gasteiger partial charge in [-0.1, -0.05) is 54.1 Å². The molecule has 1 aliphatic carbocycles. The monoisotopic (exact) mass is 440 g/mol. The van der Waals surface area contributed by atoms with E-state index in [-0.39, 0.29) is 23.8 Å². The molecular formula is C24H25ClN2O2S. The van der Waals surface area contributed by atoms with Crippen molar-refractivity contribution < 1.29 is 9.59 Å². The van der Waals surface area contributed by atoms with E-state index in [1.807, 2.05) is 72.6 Å². The highest BCUT2D eigenvalue weighted by atomic mass is 35.5. The zero-order chi connectivity index (χ0) is 21.1. The number of hydrogen-bond acceptors (Lipinski definition) is 3. The lowest BCUT2D eigenvalue weighted by atomic mass is 9.83. The molecular weight excluding hydrogens is 416 g/mol. The third kappa shape index (κ3) is 4.73. The summed E-state index contributed by atoms with van der Waals surface area (Å²) in [5, 5.41) is 4.07. The fourth-order valence-electron chi connectivity index (χ4n) is 4.17. The first kappa shape index (κ1) is 21.0.